The molecule has 2 aromatic heterocycles. The largest absolute Gasteiger partial charge is 0.355 e. The number of para-hydroxylation sites is 1. The highest BCUT2D eigenvalue weighted by atomic mass is 32.1. The molecule has 2 heterocycles. The molecule has 0 atom stereocenters. The lowest BCUT2D eigenvalue weighted by Crippen LogP contribution is -1.77. The fourth-order valence-electron chi connectivity index (χ4n) is 2.25. The van der Waals surface area contributed by atoms with Crippen molar-refractivity contribution in [3.63, 3.8) is 0 Å². The molecular formula is C15H10N2S. The minimum Gasteiger partial charge on any atom is -0.355 e. The third-order valence-electron chi connectivity index (χ3n) is 3.17. The normalized spacial score (nSPS) is 11.3. The second-order valence-electron chi connectivity index (χ2n) is 4.31. The third kappa shape index (κ3) is 1.45. The van der Waals surface area contributed by atoms with Gasteiger partial charge in [-0.05, 0) is 24.3 Å². The van der Waals surface area contributed by atoms with Crippen molar-refractivity contribution in [2.45, 2.75) is 0 Å². The molecule has 0 saturated heterocycles. The first-order valence-electron chi connectivity index (χ1n) is 5.81. The quantitative estimate of drug-likeness (QED) is 0.531. The van der Waals surface area contributed by atoms with E-state index in [1.54, 1.807) is 11.3 Å². The number of hydrogen-bond acceptors (Lipinski definition) is 2. The van der Waals surface area contributed by atoms with Gasteiger partial charge in [0.1, 0.15) is 0 Å². The summed E-state index contributed by atoms with van der Waals surface area (Å²) in [6.07, 6.45) is 0. The average Bonchev–Trinajstić information content (AvgIpc) is 3.04. The van der Waals surface area contributed by atoms with Gasteiger partial charge in [0.25, 0.3) is 0 Å². The standard InChI is InChI=1S/C15H10N2S/c1-2-4-12-10(3-1)7-13(17-12)11-5-6-15-14(8-11)16-9-18-15/h1-9,17H. The number of aromatic nitrogens is 2. The smallest absolute Gasteiger partial charge is 0.0818 e. The summed E-state index contributed by atoms with van der Waals surface area (Å²) in [5.74, 6) is 0. The van der Waals surface area contributed by atoms with Gasteiger partial charge < -0.3 is 4.98 Å². The lowest BCUT2D eigenvalue weighted by molar-refractivity contribution is 1.45. The first-order valence-corrected chi connectivity index (χ1v) is 6.69. The van der Waals surface area contributed by atoms with E-state index in [2.05, 4.69) is 52.4 Å². The van der Waals surface area contributed by atoms with Gasteiger partial charge in [0.15, 0.2) is 0 Å². The molecule has 0 aliphatic carbocycles. The van der Waals surface area contributed by atoms with Crippen molar-refractivity contribution < 1.29 is 0 Å². The number of thiazole rings is 1. The van der Waals surface area contributed by atoms with Crippen LogP contribution in [0.4, 0.5) is 0 Å². The predicted molar refractivity (Wildman–Crippen MR) is 76.9 cm³/mol. The van der Waals surface area contributed by atoms with Crippen molar-refractivity contribution in [2.24, 2.45) is 0 Å². The second-order valence-corrected chi connectivity index (χ2v) is 5.19. The van der Waals surface area contributed by atoms with Crippen LogP contribution in [0.5, 0.6) is 0 Å². The number of hydrogen-bond donors (Lipinski definition) is 1. The molecule has 4 aromatic rings. The Bertz CT molecular complexity index is 809. The lowest BCUT2D eigenvalue weighted by atomic mass is 10.1. The molecule has 4 rings (SSSR count). The van der Waals surface area contributed by atoms with Gasteiger partial charge >= 0.3 is 0 Å². The fraction of sp³-hybridized carbons (Fsp3) is 0. The topological polar surface area (TPSA) is 28.7 Å². The molecule has 0 fully saturated rings. The molecule has 0 spiro atoms. The van der Waals surface area contributed by atoms with Crippen molar-refractivity contribution in [2.75, 3.05) is 0 Å². The molecule has 0 amide bonds. The zero-order chi connectivity index (χ0) is 11.9. The van der Waals surface area contributed by atoms with Crippen LogP contribution in [0.15, 0.2) is 54.0 Å². The monoisotopic (exact) mass is 250 g/mol. The molecule has 0 saturated carbocycles. The zero-order valence-electron chi connectivity index (χ0n) is 9.55. The van der Waals surface area contributed by atoms with Gasteiger partial charge in [0, 0.05) is 22.2 Å². The average molecular weight is 250 g/mol. The van der Waals surface area contributed by atoms with Crippen molar-refractivity contribution in [1.82, 2.24) is 9.97 Å². The van der Waals surface area contributed by atoms with Crippen molar-refractivity contribution >= 4 is 32.5 Å². The second kappa shape index (κ2) is 3.68. The molecule has 0 radical (unpaired) electrons. The molecule has 3 heteroatoms. The molecule has 0 unspecified atom stereocenters. The number of benzene rings is 2. The maximum atomic E-state index is 4.36. The first-order chi connectivity index (χ1) is 8.90. The fourth-order valence-corrected chi connectivity index (χ4v) is 2.91. The first kappa shape index (κ1) is 9.85. The van der Waals surface area contributed by atoms with Crippen LogP contribution >= 0.6 is 11.3 Å². The maximum absolute atomic E-state index is 4.36. The minimum absolute atomic E-state index is 1.07. The summed E-state index contributed by atoms with van der Waals surface area (Å²) >= 11 is 1.67. The van der Waals surface area contributed by atoms with E-state index in [4.69, 9.17) is 0 Å². The van der Waals surface area contributed by atoms with Gasteiger partial charge in [0.2, 0.25) is 0 Å². The number of nitrogens with one attached hydrogen (secondary N) is 1. The van der Waals surface area contributed by atoms with Crippen LogP contribution in [-0.2, 0) is 0 Å². The van der Waals surface area contributed by atoms with E-state index in [1.165, 1.54) is 21.2 Å². The predicted octanol–water partition coefficient (Wildman–Crippen LogP) is 4.44. The third-order valence-corrected chi connectivity index (χ3v) is 3.98. The number of aromatic amines is 1. The van der Waals surface area contributed by atoms with Crippen LogP contribution in [-0.4, -0.2) is 9.97 Å². The SMILES string of the molecule is c1ccc2[nH]c(-c3ccc4scnc4c3)cc2c1. The highest BCUT2D eigenvalue weighted by Crippen LogP contribution is 2.27. The summed E-state index contributed by atoms with van der Waals surface area (Å²) < 4.78 is 1.23. The van der Waals surface area contributed by atoms with Gasteiger partial charge in [-0.25, -0.2) is 4.98 Å². The highest BCUT2D eigenvalue weighted by Gasteiger charge is 2.04. The number of nitrogens with zero attached hydrogens (tertiary/aromatic N) is 1. The van der Waals surface area contributed by atoms with Crippen LogP contribution in [0.25, 0.3) is 32.4 Å². The van der Waals surface area contributed by atoms with Gasteiger partial charge in [-0.1, -0.05) is 24.3 Å². The van der Waals surface area contributed by atoms with E-state index < -0.39 is 0 Å². The molecule has 0 aliphatic heterocycles. The summed E-state index contributed by atoms with van der Waals surface area (Å²) in [4.78, 5) is 7.81. The Morgan fingerprint density at radius 2 is 1.94 bits per heavy atom. The summed E-state index contributed by atoms with van der Waals surface area (Å²) in [6.45, 7) is 0. The Morgan fingerprint density at radius 3 is 2.89 bits per heavy atom. The molecule has 0 bridgehead atoms. The summed E-state index contributed by atoms with van der Waals surface area (Å²) in [5.41, 5.74) is 6.46. The Morgan fingerprint density at radius 1 is 1.00 bits per heavy atom. The van der Waals surface area contributed by atoms with E-state index in [-0.39, 0.29) is 0 Å². The molecule has 2 aromatic carbocycles. The zero-order valence-corrected chi connectivity index (χ0v) is 10.4. The van der Waals surface area contributed by atoms with E-state index in [1.807, 2.05) is 11.6 Å². The number of H-pyrrole nitrogens is 1. The molecule has 2 nitrogen and oxygen atoms in total. The van der Waals surface area contributed by atoms with Crippen molar-refractivity contribution in [1.29, 1.82) is 0 Å². The van der Waals surface area contributed by atoms with Crippen LogP contribution < -0.4 is 0 Å². The Labute approximate surface area is 108 Å². The Balaban J connectivity index is 1.94. The van der Waals surface area contributed by atoms with Gasteiger partial charge in [-0.2, -0.15) is 0 Å². The Kier molecular flexibility index (Phi) is 2.02. The summed E-state index contributed by atoms with van der Waals surface area (Å²) in [5, 5.41) is 1.24. The van der Waals surface area contributed by atoms with Crippen LogP contribution in [0.1, 0.15) is 0 Å². The lowest BCUT2D eigenvalue weighted by Gasteiger charge is -1.97. The van der Waals surface area contributed by atoms with E-state index in [0.29, 0.717) is 0 Å². The van der Waals surface area contributed by atoms with Crippen LogP contribution in [0.3, 0.4) is 0 Å². The maximum Gasteiger partial charge on any atom is 0.0818 e. The van der Waals surface area contributed by atoms with Gasteiger partial charge in [-0.3, -0.25) is 0 Å². The molecular weight excluding hydrogens is 240 g/mol. The van der Waals surface area contributed by atoms with Crippen LogP contribution in [0.2, 0.25) is 0 Å². The van der Waals surface area contributed by atoms with E-state index in [0.717, 1.165) is 11.2 Å². The molecule has 86 valence electrons. The number of fused-ring (bicyclic) bond motifs is 2. The molecule has 18 heavy (non-hydrogen) atoms. The highest BCUT2D eigenvalue weighted by molar-refractivity contribution is 7.16. The van der Waals surface area contributed by atoms with Crippen molar-refractivity contribution in [3.8, 4) is 11.3 Å². The van der Waals surface area contributed by atoms with Gasteiger partial charge in [0.05, 0.1) is 15.7 Å². The number of rotatable bonds is 1. The van der Waals surface area contributed by atoms with Gasteiger partial charge in [-0.15, -0.1) is 11.3 Å². The summed E-state index contributed by atoms with van der Waals surface area (Å²) in [7, 11) is 0. The summed E-state index contributed by atoms with van der Waals surface area (Å²) in [6, 6.07) is 16.9. The molecule has 0 aliphatic rings. The Hall–Kier alpha value is -2.13. The van der Waals surface area contributed by atoms with Crippen molar-refractivity contribution in [3.05, 3.63) is 54.0 Å². The minimum atomic E-state index is 1.07. The van der Waals surface area contributed by atoms with Crippen LogP contribution in [0, 0.1) is 0 Å². The van der Waals surface area contributed by atoms with E-state index in [9.17, 15) is 0 Å². The van der Waals surface area contributed by atoms with E-state index >= 15 is 0 Å². The molecule has 1 N–H and O–H groups in total.